The molecule has 0 aliphatic heterocycles. The molecular weight excluding hydrogens is 304 g/mol. The standard InChI is InChI=1S/C19H24N2O3/c1-15(19(22)20-16-7-5-4-6-8-16)21(2)13-14-24-18-11-9-17(23-3)10-12-18/h4-12,15H,13-14H2,1-3H3,(H,20,22). The van der Waals surface area contributed by atoms with Gasteiger partial charge in [-0.05, 0) is 50.4 Å². The maximum absolute atomic E-state index is 12.3. The molecule has 5 heteroatoms. The first-order chi connectivity index (χ1) is 11.6. The first kappa shape index (κ1) is 17.8. The van der Waals surface area contributed by atoms with Crippen molar-refractivity contribution in [2.24, 2.45) is 0 Å². The van der Waals surface area contributed by atoms with Crippen molar-refractivity contribution in [3.05, 3.63) is 54.6 Å². The minimum Gasteiger partial charge on any atom is -0.497 e. The first-order valence-electron chi connectivity index (χ1n) is 7.93. The van der Waals surface area contributed by atoms with E-state index in [9.17, 15) is 4.79 Å². The number of likely N-dealkylation sites (N-methyl/N-ethyl adjacent to an activating group) is 1. The van der Waals surface area contributed by atoms with Crippen molar-refractivity contribution in [2.45, 2.75) is 13.0 Å². The molecule has 1 amide bonds. The number of nitrogens with zero attached hydrogens (tertiary/aromatic N) is 1. The Balaban J connectivity index is 1.76. The number of nitrogens with one attached hydrogen (secondary N) is 1. The van der Waals surface area contributed by atoms with Gasteiger partial charge in [-0.2, -0.15) is 0 Å². The molecule has 5 nitrogen and oxygen atoms in total. The maximum atomic E-state index is 12.3. The third-order valence-corrected chi connectivity index (χ3v) is 3.85. The summed E-state index contributed by atoms with van der Waals surface area (Å²) in [5.41, 5.74) is 0.803. The average Bonchev–Trinajstić information content (AvgIpc) is 2.62. The van der Waals surface area contributed by atoms with Gasteiger partial charge < -0.3 is 14.8 Å². The van der Waals surface area contributed by atoms with Gasteiger partial charge in [0.25, 0.3) is 0 Å². The van der Waals surface area contributed by atoms with Crippen LogP contribution in [0.2, 0.25) is 0 Å². The van der Waals surface area contributed by atoms with Crippen molar-refractivity contribution < 1.29 is 14.3 Å². The minimum atomic E-state index is -0.246. The van der Waals surface area contributed by atoms with Crippen LogP contribution in [0, 0.1) is 0 Å². The van der Waals surface area contributed by atoms with E-state index >= 15 is 0 Å². The molecular formula is C19H24N2O3. The van der Waals surface area contributed by atoms with Crippen LogP contribution in [0.5, 0.6) is 11.5 Å². The molecule has 0 saturated heterocycles. The van der Waals surface area contributed by atoms with Gasteiger partial charge in [-0.3, -0.25) is 9.69 Å². The monoisotopic (exact) mass is 328 g/mol. The molecule has 0 heterocycles. The molecule has 0 radical (unpaired) electrons. The Hall–Kier alpha value is -2.53. The highest BCUT2D eigenvalue weighted by molar-refractivity contribution is 5.94. The predicted octanol–water partition coefficient (Wildman–Crippen LogP) is 3.03. The van der Waals surface area contributed by atoms with E-state index in [1.807, 2.05) is 73.5 Å². The molecule has 2 aromatic carbocycles. The van der Waals surface area contributed by atoms with Gasteiger partial charge >= 0.3 is 0 Å². The quantitative estimate of drug-likeness (QED) is 0.809. The smallest absolute Gasteiger partial charge is 0.241 e. The molecule has 0 saturated carbocycles. The second kappa shape index (κ2) is 8.93. The van der Waals surface area contributed by atoms with E-state index in [0.717, 1.165) is 17.2 Å². The van der Waals surface area contributed by atoms with Gasteiger partial charge in [0.1, 0.15) is 18.1 Å². The number of amides is 1. The Morgan fingerprint density at radius 3 is 2.33 bits per heavy atom. The van der Waals surface area contributed by atoms with E-state index in [1.54, 1.807) is 7.11 Å². The van der Waals surface area contributed by atoms with Crippen LogP contribution in [0.25, 0.3) is 0 Å². The second-order valence-corrected chi connectivity index (χ2v) is 5.54. The van der Waals surface area contributed by atoms with E-state index in [0.29, 0.717) is 13.2 Å². The molecule has 0 aliphatic carbocycles. The Kier molecular flexibility index (Phi) is 6.63. The summed E-state index contributed by atoms with van der Waals surface area (Å²) in [5, 5.41) is 2.91. The van der Waals surface area contributed by atoms with Crippen LogP contribution < -0.4 is 14.8 Å². The molecule has 1 N–H and O–H groups in total. The summed E-state index contributed by atoms with van der Waals surface area (Å²) in [6, 6.07) is 16.7. The molecule has 0 aliphatic rings. The van der Waals surface area contributed by atoms with Crippen LogP contribution in [0.4, 0.5) is 5.69 Å². The molecule has 2 aromatic rings. The molecule has 0 fully saturated rings. The molecule has 24 heavy (non-hydrogen) atoms. The topological polar surface area (TPSA) is 50.8 Å². The van der Waals surface area contributed by atoms with Crippen molar-refractivity contribution >= 4 is 11.6 Å². The fourth-order valence-corrected chi connectivity index (χ4v) is 2.14. The lowest BCUT2D eigenvalue weighted by Crippen LogP contribution is -2.41. The lowest BCUT2D eigenvalue weighted by molar-refractivity contribution is -0.120. The summed E-state index contributed by atoms with van der Waals surface area (Å²) in [5.74, 6) is 1.55. The van der Waals surface area contributed by atoms with Gasteiger partial charge in [-0.25, -0.2) is 0 Å². The van der Waals surface area contributed by atoms with Gasteiger partial charge in [-0.1, -0.05) is 18.2 Å². The van der Waals surface area contributed by atoms with Crippen LogP contribution in [0.1, 0.15) is 6.92 Å². The number of carbonyl (C=O) groups excluding carboxylic acids is 1. The van der Waals surface area contributed by atoms with Gasteiger partial charge in [0.15, 0.2) is 0 Å². The zero-order valence-corrected chi connectivity index (χ0v) is 14.4. The average molecular weight is 328 g/mol. The third-order valence-electron chi connectivity index (χ3n) is 3.85. The lowest BCUT2D eigenvalue weighted by atomic mass is 10.2. The van der Waals surface area contributed by atoms with Crippen molar-refractivity contribution in [3.8, 4) is 11.5 Å². The zero-order chi connectivity index (χ0) is 17.4. The predicted molar refractivity (Wildman–Crippen MR) is 95.7 cm³/mol. The Morgan fingerprint density at radius 1 is 1.08 bits per heavy atom. The molecule has 2 rings (SSSR count). The van der Waals surface area contributed by atoms with E-state index in [-0.39, 0.29) is 11.9 Å². The van der Waals surface area contributed by atoms with Gasteiger partial charge in [0, 0.05) is 12.2 Å². The van der Waals surface area contributed by atoms with Crippen LogP contribution in [-0.2, 0) is 4.79 Å². The van der Waals surface area contributed by atoms with E-state index < -0.39 is 0 Å². The maximum Gasteiger partial charge on any atom is 0.241 e. The molecule has 0 spiro atoms. The molecule has 1 atom stereocenters. The number of carbonyl (C=O) groups is 1. The summed E-state index contributed by atoms with van der Waals surface area (Å²) in [7, 11) is 3.54. The highest BCUT2D eigenvalue weighted by atomic mass is 16.5. The normalized spacial score (nSPS) is 11.8. The van der Waals surface area contributed by atoms with Gasteiger partial charge in [0.2, 0.25) is 5.91 Å². The fraction of sp³-hybridized carbons (Fsp3) is 0.316. The third kappa shape index (κ3) is 5.28. The summed E-state index contributed by atoms with van der Waals surface area (Å²) in [4.78, 5) is 14.2. The molecule has 0 aromatic heterocycles. The Labute approximate surface area is 143 Å². The number of ether oxygens (including phenoxy) is 2. The highest BCUT2D eigenvalue weighted by Crippen LogP contribution is 2.17. The minimum absolute atomic E-state index is 0.0341. The number of hydrogen-bond donors (Lipinski definition) is 1. The number of hydrogen-bond acceptors (Lipinski definition) is 4. The van der Waals surface area contributed by atoms with Crippen molar-refractivity contribution in [2.75, 3.05) is 32.6 Å². The summed E-state index contributed by atoms with van der Waals surface area (Å²) in [6.45, 7) is 3.03. The van der Waals surface area contributed by atoms with E-state index in [4.69, 9.17) is 9.47 Å². The second-order valence-electron chi connectivity index (χ2n) is 5.54. The zero-order valence-electron chi connectivity index (χ0n) is 14.4. The van der Waals surface area contributed by atoms with Crippen molar-refractivity contribution in [1.82, 2.24) is 4.90 Å². The van der Waals surface area contributed by atoms with Gasteiger partial charge in [0.05, 0.1) is 13.2 Å². The number of anilines is 1. The summed E-state index contributed by atoms with van der Waals surface area (Å²) < 4.78 is 10.8. The van der Waals surface area contributed by atoms with Crippen LogP contribution in [0.3, 0.4) is 0 Å². The number of para-hydroxylation sites is 1. The summed E-state index contributed by atoms with van der Waals surface area (Å²) in [6.07, 6.45) is 0. The van der Waals surface area contributed by atoms with Crippen LogP contribution in [0.15, 0.2) is 54.6 Å². The van der Waals surface area contributed by atoms with Gasteiger partial charge in [-0.15, -0.1) is 0 Å². The van der Waals surface area contributed by atoms with E-state index in [1.165, 1.54) is 0 Å². The largest absolute Gasteiger partial charge is 0.497 e. The Bertz CT molecular complexity index is 629. The number of methoxy groups -OCH3 is 1. The van der Waals surface area contributed by atoms with Crippen molar-refractivity contribution in [1.29, 1.82) is 0 Å². The Morgan fingerprint density at radius 2 is 1.71 bits per heavy atom. The van der Waals surface area contributed by atoms with Crippen LogP contribution in [-0.4, -0.2) is 44.2 Å². The molecule has 0 bridgehead atoms. The number of rotatable bonds is 8. The van der Waals surface area contributed by atoms with Crippen molar-refractivity contribution in [3.63, 3.8) is 0 Å². The first-order valence-corrected chi connectivity index (χ1v) is 7.93. The highest BCUT2D eigenvalue weighted by Gasteiger charge is 2.17. The lowest BCUT2D eigenvalue weighted by Gasteiger charge is -2.23. The van der Waals surface area contributed by atoms with E-state index in [2.05, 4.69) is 5.32 Å². The molecule has 1 unspecified atom stereocenters. The molecule has 128 valence electrons. The number of benzene rings is 2. The fourth-order valence-electron chi connectivity index (χ4n) is 2.14. The summed E-state index contributed by atoms with van der Waals surface area (Å²) >= 11 is 0. The van der Waals surface area contributed by atoms with Crippen LogP contribution >= 0.6 is 0 Å². The SMILES string of the molecule is COc1ccc(OCCN(C)C(C)C(=O)Nc2ccccc2)cc1.